The van der Waals surface area contributed by atoms with Crippen molar-refractivity contribution in [1.29, 1.82) is 0 Å². The summed E-state index contributed by atoms with van der Waals surface area (Å²) in [6.45, 7) is 6.00. The monoisotopic (exact) mass is 393 g/mol. The van der Waals surface area contributed by atoms with Crippen molar-refractivity contribution < 1.29 is 9.85 Å². The number of nitrogens with one attached hydrogen (secondary N) is 1. The number of nitrogens with zero attached hydrogens (tertiary/aromatic N) is 4. The number of rotatable bonds is 6. The lowest BCUT2D eigenvalue weighted by Crippen LogP contribution is -2.02. The van der Waals surface area contributed by atoms with Gasteiger partial charge in [0.25, 0.3) is 5.69 Å². The van der Waals surface area contributed by atoms with Crippen molar-refractivity contribution in [3.63, 3.8) is 0 Å². The second-order valence-electron chi connectivity index (χ2n) is 6.53. The summed E-state index contributed by atoms with van der Waals surface area (Å²) in [4.78, 5) is 20.7. The van der Waals surface area contributed by atoms with Crippen LogP contribution in [0.1, 0.15) is 22.5 Å². The van der Waals surface area contributed by atoms with Gasteiger partial charge < -0.3 is 4.57 Å². The molecule has 0 amide bonds. The number of benzene rings is 2. The Kier molecular flexibility index (Phi) is 5.40. The number of aromatic nitrogens is 1. The van der Waals surface area contributed by atoms with Crippen LogP contribution in [-0.2, 0) is 0 Å². The maximum atomic E-state index is 11.2. The molecule has 1 N–H and O–H groups in total. The highest BCUT2D eigenvalue weighted by Gasteiger charge is 2.19. The molecule has 9 nitrogen and oxygen atoms in total. The highest BCUT2D eigenvalue weighted by molar-refractivity contribution is 5.83. The number of aryl methyl sites for hydroxylation is 2. The first-order valence-electron chi connectivity index (χ1n) is 8.76. The Hall–Kier alpha value is -4.01. The molecule has 0 aliphatic rings. The van der Waals surface area contributed by atoms with Crippen LogP contribution in [0.25, 0.3) is 5.69 Å². The van der Waals surface area contributed by atoms with Crippen molar-refractivity contribution in [3.8, 4) is 5.69 Å². The van der Waals surface area contributed by atoms with Crippen molar-refractivity contribution in [1.82, 2.24) is 4.57 Å². The molecular weight excluding hydrogens is 374 g/mol. The molecule has 0 atom stereocenters. The van der Waals surface area contributed by atoms with E-state index in [1.807, 2.05) is 51.1 Å². The average molecular weight is 393 g/mol. The minimum absolute atomic E-state index is 0.0737. The van der Waals surface area contributed by atoms with Gasteiger partial charge in [-0.3, -0.25) is 25.7 Å². The van der Waals surface area contributed by atoms with E-state index in [9.17, 15) is 20.2 Å². The van der Waals surface area contributed by atoms with Crippen molar-refractivity contribution in [2.24, 2.45) is 5.10 Å². The lowest BCUT2D eigenvalue weighted by molar-refractivity contribution is -0.393. The second-order valence-corrected chi connectivity index (χ2v) is 6.53. The van der Waals surface area contributed by atoms with Gasteiger partial charge >= 0.3 is 5.69 Å². The van der Waals surface area contributed by atoms with Gasteiger partial charge in [-0.1, -0.05) is 18.2 Å². The zero-order valence-electron chi connectivity index (χ0n) is 16.1. The Morgan fingerprint density at radius 3 is 2.38 bits per heavy atom. The first-order chi connectivity index (χ1) is 13.8. The number of hydrogen-bond donors (Lipinski definition) is 1. The van der Waals surface area contributed by atoms with Gasteiger partial charge in [-0.15, -0.1) is 0 Å². The third-order valence-electron chi connectivity index (χ3n) is 4.60. The number of non-ortho nitro benzene ring substituents is 1. The molecule has 0 radical (unpaired) electrons. The molecule has 0 bridgehead atoms. The fourth-order valence-electron chi connectivity index (χ4n) is 3.15. The maximum Gasteiger partial charge on any atom is 0.301 e. The van der Waals surface area contributed by atoms with E-state index in [2.05, 4.69) is 15.1 Å². The Balaban J connectivity index is 1.89. The molecule has 0 fully saturated rings. The van der Waals surface area contributed by atoms with Crippen LogP contribution in [0.5, 0.6) is 0 Å². The third kappa shape index (κ3) is 3.98. The lowest BCUT2D eigenvalue weighted by Gasteiger charge is -2.12. The van der Waals surface area contributed by atoms with Gasteiger partial charge in [0.15, 0.2) is 0 Å². The first kappa shape index (κ1) is 19.7. The van der Waals surface area contributed by atoms with E-state index >= 15 is 0 Å². The molecule has 0 aliphatic heterocycles. The van der Waals surface area contributed by atoms with Crippen LogP contribution in [0.4, 0.5) is 17.1 Å². The Bertz CT molecular complexity index is 1130. The average Bonchev–Trinajstić information content (AvgIpc) is 2.95. The fourth-order valence-corrected chi connectivity index (χ4v) is 3.15. The number of para-hydroxylation sites is 1. The Morgan fingerprint density at radius 2 is 1.72 bits per heavy atom. The molecule has 148 valence electrons. The fraction of sp³-hybridized carbons (Fsp3) is 0.150. The van der Waals surface area contributed by atoms with Gasteiger partial charge in [-0.05, 0) is 44.5 Å². The summed E-state index contributed by atoms with van der Waals surface area (Å²) in [5.41, 5.74) is 6.97. The molecule has 0 aliphatic carbocycles. The molecule has 0 saturated carbocycles. The molecule has 3 rings (SSSR count). The van der Waals surface area contributed by atoms with Crippen LogP contribution in [-0.4, -0.2) is 20.6 Å². The highest BCUT2D eigenvalue weighted by Crippen LogP contribution is 2.29. The third-order valence-corrected chi connectivity index (χ3v) is 4.60. The number of hydrazone groups is 1. The van der Waals surface area contributed by atoms with E-state index in [0.717, 1.165) is 34.3 Å². The molecule has 1 aromatic heterocycles. The molecule has 2 aromatic carbocycles. The summed E-state index contributed by atoms with van der Waals surface area (Å²) >= 11 is 0. The van der Waals surface area contributed by atoms with E-state index in [4.69, 9.17) is 0 Å². The molecule has 0 unspecified atom stereocenters. The summed E-state index contributed by atoms with van der Waals surface area (Å²) in [6, 6.07) is 13.4. The minimum atomic E-state index is -0.686. The highest BCUT2D eigenvalue weighted by atomic mass is 16.6. The van der Waals surface area contributed by atoms with Gasteiger partial charge in [-0.2, -0.15) is 5.10 Å². The molecule has 1 heterocycles. The van der Waals surface area contributed by atoms with Gasteiger partial charge in [0.05, 0.1) is 22.1 Å². The predicted molar refractivity (Wildman–Crippen MR) is 111 cm³/mol. The van der Waals surface area contributed by atoms with Crippen LogP contribution in [0, 0.1) is 41.0 Å². The minimum Gasteiger partial charge on any atom is -0.318 e. The summed E-state index contributed by atoms with van der Waals surface area (Å²) < 4.78 is 2.12. The number of anilines is 1. The zero-order chi connectivity index (χ0) is 21.1. The Morgan fingerprint density at radius 1 is 1.00 bits per heavy atom. The standard InChI is InChI=1S/C20H19N5O4/c1-13-6-4-5-7-19(13)23-14(2)10-16(15(23)3)12-21-22-18-9-8-17(24(26)27)11-20(18)25(28)29/h4-12,22H,1-3H3/b21-12-. The van der Waals surface area contributed by atoms with Crippen molar-refractivity contribution >= 4 is 23.3 Å². The van der Waals surface area contributed by atoms with Crippen LogP contribution < -0.4 is 5.43 Å². The molecule has 0 spiro atoms. The smallest absolute Gasteiger partial charge is 0.301 e. The summed E-state index contributed by atoms with van der Waals surface area (Å²) in [5, 5.41) is 26.1. The van der Waals surface area contributed by atoms with Gasteiger partial charge in [-0.25, -0.2) is 0 Å². The van der Waals surface area contributed by atoms with Crippen LogP contribution in [0.15, 0.2) is 53.6 Å². The van der Waals surface area contributed by atoms with Crippen LogP contribution >= 0.6 is 0 Å². The van der Waals surface area contributed by atoms with Gasteiger partial charge in [0.1, 0.15) is 5.69 Å². The summed E-state index contributed by atoms with van der Waals surface area (Å²) in [5.74, 6) is 0. The Labute approximate surface area is 166 Å². The normalized spacial score (nSPS) is 11.0. The van der Waals surface area contributed by atoms with Crippen LogP contribution in [0.3, 0.4) is 0 Å². The molecular formula is C20H19N5O4. The number of hydrogen-bond acceptors (Lipinski definition) is 6. The predicted octanol–water partition coefficient (Wildman–Crippen LogP) is 4.66. The van der Waals surface area contributed by atoms with Gasteiger partial charge in [0.2, 0.25) is 0 Å². The van der Waals surface area contributed by atoms with Crippen molar-refractivity contribution in [3.05, 3.63) is 91.3 Å². The van der Waals surface area contributed by atoms with E-state index in [0.29, 0.717) is 0 Å². The van der Waals surface area contributed by atoms with E-state index in [1.54, 1.807) is 6.21 Å². The van der Waals surface area contributed by atoms with Gasteiger partial charge in [0, 0.05) is 28.7 Å². The molecule has 29 heavy (non-hydrogen) atoms. The number of nitro benzene ring substituents is 2. The lowest BCUT2D eigenvalue weighted by atomic mass is 10.2. The number of nitro groups is 2. The van der Waals surface area contributed by atoms with Crippen molar-refractivity contribution in [2.45, 2.75) is 20.8 Å². The molecule has 3 aromatic rings. The van der Waals surface area contributed by atoms with E-state index in [-0.39, 0.29) is 11.4 Å². The summed E-state index contributed by atoms with van der Waals surface area (Å²) in [6.07, 6.45) is 1.57. The van der Waals surface area contributed by atoms with Crippen LogP contribution in [0.2, 0.25) is 0 Å². The maximum absolute atomic E-state index is 11.2. The zero-order valence-corrected chi connectivity index (χ0v) is 16.1. The van der Waals surface area contributed by atoms with E-state index < -0.39 is 15.5 Å². The second kappa shape index (κ2) is 7.93. The first-order valence-corrected chi connectivity index (χ1v) is 8.76. The SMILES string of the molecule is Cc1ccccc1-n1c(C)cc(/C=N\Nc2ccc([N+](=O)[O-])cc2[N+](=O)[O-])c1C. The molecule has 9 heteroatoms. The molecule has 0 saturated heterocycles. The largest absolute Gasteiger partial charge is 0.318 e. The summed E-state index contributed by atoms with van der Waals surface area (Å²) in [7, 11) is 0. The quantitative estimate of drug-likeness (QED) is 0.371. The van der Waals surface area contributed by atoms with Crippen molar-refractivity contribution in [2.75, 3.05) is 5.43 Å². The topological polar surface area (TPSA) is 116 Å². The van der Waals surface area contributed by atoms with E-state index in [1.165, 1.54) is 12.1 Å².